The van der Waals surface area contributed by atoms with E-state index in [-0.39, 0.29) is 35.8 Å². The van der Waals surface area contributed by atoms with Crippen molar-refractivity contribution in [1.29, 1.82) is 0 Å². The molecule has 2 unspecified atom stereocenters. The Morgan fingerprint density at radius 1 is 1.43 bits per heavy atom. The number of nitrogens with zero attached hydrogens (tertiary/aromatic N) is 1. The van der Waals surface area contributed by atoms with Gasteiger partial charge in [0.2, 0.25) is 5.91 Å². The van der Waals surface area contributed by atoms with Crippen LogP contribution in [0.4, 0.5) is 0 Å². The zero-order valence-electron chi connectivity index (χ0n) is 13.8. The Morgan fingerprint density at radius 2 is 2.17 bits per heavy atom. The zero-order chi connectivity index (χ0) is 16.9. The van der Waals surface area contributed by atoms with Gasteiger partial charge in [0.05, 0.1) is 23.8 Å². The number of amides is 1. The molecule has 1 fully saturated rings. The summed E-state index contributed by atoms with van der Waals surface area (Å²) in [5.41, 5.74) is 0. The zero-order valence-corrected chi connectivity index (χ0v) is 14.6. The Labute approximate surface area is 138 Å². The lowest BCUT2D eigenvalue weighted by Crippen LogP contribution is -2.38. The molecule has 1 aliphatic heterocycles. The second-order valence-electron chi connectivity index (χ2n) is 6.03. The third-order valence-corrected chi connectivity index (χ3v) is 6.26. The molecule has 1 aromatic heterocycles. The summed E-state index contributed by atoms with van der Waals surface area (Å²) in [5.74, 6) is 1.04. The lowest BCUT2D eigenvalue weighted by molar-refractivity contribution is -0.122. The second kappa shape index (κ2) is 7.97. The van der Waals surface area contributed by atoms with Crippen molar-refractivity contribution in [3.63, 3.8) is 0 Å². The van der Waals surface area contributed by atoms with Gasteiger partial charge >= 0.3 is 0 Å². The Hall–Kier alpha value is -1.34. The summed E-state index contributed by atoms with van der Waals surface area (Å²) < 4.78 is 28.4. The van der Waals surface area contributed by atoms with E-state index in [2.05, 4.69) is 24.1 Å². The van der Waals surface area contributed by atoms with Gasteiger partial charge in [-0.2, -0.15) is 0 Å². The van der Waals surface area contributed by atoms with E-state index >= 15 is 0 Å². The van der Waals surface area contributed by atoms with E-state index in [9.17, 15) is 13.2 Å². The summed E-state index contributed by atoms with van der Waals surface area (Å²) in [5, 5.41) is 2.94. The number of hydrogen-bond acceptors (Lipinski definition) is 5. The second-order valence-corrected chi connectivity index (χ2v) is 8.26. The number of likely N-dealkylation sites (N-methyl/N-ethyl adjacent to an activating group) is 1. The average molecular weight is 342 g/mol. The van der Waals surface area contributed by atoms with Crippen LogP contribution in [-0.4, -0.2) is 50.4 Å². The summed E-state index contributed by atoms with van der Waals surface area (Å²) in [4.78, 5) is 14.3. The van der Waals surface area contributed by atoms with Crippen LogP contribution in [-0.2, 0) is 14.6 Å². The maximum Gasteiger partial charge on any atom is 0.220 e. The number of carbonyl (C=O) groups is 1. The highest BCUT2D eigenvalue weighted by molar-refractivity contribution is 7.91. The van der Waals surface area contributed by atoms with Crippen LogP contribution in [0.15, 0.2) is 22.8 Å². The largest absolute Gasteiger partial charge is 0.468 e. The van der Waals surface area contributed by atoms with Gasteiger partial charge in [0.15, 0.2) is 9.84 Å². The van der Waals surface area contributed by atoms with Crippen LogP contribution >= 0.6 is 0 Å². The van der Waals surface area contributed by atoms with Crippen molar-refractivity contribution in [1.82, 2.24) is 10.2 Å². The molecule has 0 aromatic carbocycles. The van der Waals surface area contributed by atoms with Crippen molar-refractivity contribution >= 4 is 15.7 Å². The first-order valence-electron chi connectivity index (χ1n) is 8.19. The van der Waals surface area contributed by atoms with Crippen molar-refractivity contribution in [2.45, 2.75) is 32.7 Å². The SMILES string of the molecule is CCN(CC)C(CNC(=O)CC1CCS(=O)(=O)C1)c1ccco1. The summed E-state index contributed by atoms with van der Waals surface area (Å²) in [6, 6.07) is 3.76. The highest BCUT2D eigenvalue weighted by Crippen LogP contribution is 2.22. The molecular formula is C16H26N2O4S. The van der Waals surface area contributed by atoms with E-state index < -0.39 is 9.84 Å². The quantitative estimate of drug-likeness (QED) is 0.776. The van der Waals surface area contributed by atoms with Crippen molar-refractivity contribution in [3.8, 4) is 0 Å². The molecule has 1 aromatic rings. The molecule has 1 N–H and O–H groups in total. The van der Waals surface area contributed by atoms with E-state index in [0.717, 1.165) is 18.8 Å². The Bertz CT molecular complexity index is 594. The number of nitrogens with one attached hydrogen (secondary N) is 1. The molecule has 1 amide bonds. The number of rotatable bonds is 8. The van der Waals surface area contributed by atoms with Gasteiger partial charge in [0.1, 0.15) is 5.76 Å². The van der Waals surface area contributed by atoms with Gasteiger partial charge in [0.25, 0.3) is 0 Å². The molecule has 1 saturated heterocycles. The molecular weight excluding hydrogens is 316 g/mol. The predicted octanol–water partition coefficient (Wildman–Crippen LogP) is 1.60. The average Bonchev–Trinajstić information content (AvgIpc) is 3.13. The number of furan rings is 1. The fourth-order valence-electron chi connectivity index (χ4n) is 3.13. The molecule has 0 aliphatic carbocycles. The molecule has 2 rings (SSSR count). The first-order chi connectivity index (χ1) is 10.9. The summed E-state index contributed by atoms with van der Waals surface area (Å²) >= 11 is 0. The monoisotopic (exact) mass is 342 g/mol. The highest BCUT2D eigenvalue weighted by Gasteiger charge is 2.29. The lowest BCUT2D eigenvalue weighted by Gasteiger charge is -2.28. The van der Waals surface area contributed by atoms with Crippen molar-refractivity contribution in [2.75, 3.05) is 31.1 Å². The number of sulfone groups is 1. The minimum absolute atomic E-state index is 0.00346. The van der Waals surface area contributed by atoms with Gasteiger partial charge in [-0.3, -0.25) is 9.69 Å². The summed E-state index contributed by atoms with van der Waals surface area (Å²) in [7, 11) is -2.93. The van der Waals surface area contributed by atoms with Crippen LogP contribution < -0.4 is 5.32 Å². The molecule has 0 saturated carbocycles. The summed E-state index contributed by atoms with van der Waals surface area (Å²) in [6.45, 7) is 6.33. The number of carbonyl (C=O) groups excluding carboxylic acids is 1. The Morgan fingerprint density at radius 3 is 2.70 bits per heavy atom. The fraction of sp³-hybridized carbons (Fsp3) is 0.688. The topological polar surface area (TPSA) is 79.6 Å². The maximum absolute atomic E-state index is 12.1. The standard InChI is InChI=1S/C16H26N2O4S/c1-3-18(4-2)14(15-6-5-8-22-15)11-17-16(19)10-13-7-9-23(20,21)12-13/h5-6,8,13-14H,3-4,7,9-12H2,1-2H3,(H,17,19). The third-order valence-electron chi connectivity index (χ3n) is 4.42. The van der Waals surface area contributed by atoms with Gasteiger partial charge in [-0.25, -0.2) is 8.42 Å². The van der Waals surface area contributed by atoms with Crippen LogP contribution in [0, 0.1) is 5.92 Å². The summed E-state index contributed by atoms with van der Waals surface area (Å²) in [6.07, 6.45) is 2.51. The molecule has 7 heteroatoms. The van der Waals surface area contributed by atoms with Gasteiger partial charge < -0.3 is 9.73 Å². The van der Waals surface area contributed by atoms with Crippen molar-refractivity contribution < 1.29 is 17.6 Å². The third kappa shape index (κ3) is 5.07. The van der Waals surface area contributed by atoms with Crippen LogP contribution in [0.2, 0.25) is 0 Å². The normalized spacial score (nSPS) is 21.4. The lowest BCUT2D eigenvalue weighted by atomic mass is 10.0. The molecule has 0 spiro atoms. The number of hydrogen-bond donors (Lipinski definition) is 1. The van der Waals surface area contributed by atoms with E-state index in [4.69, 9.17) is 4.42 Å². The van der Waals surface area contributed by atoms with E-state index in [1.54, 1.807) is 6.26 Å². The fourth-order valence-corrected chi connectivity index (χ4v) is 4.99. The predicted molar refractivity (Wildman–Crippen MR) is 88.8 cm³/mol. The maximum atomic E-state index is 12.1. The minimum Gasteiger partial charge on any atom is -0.468 e. The van der Waals surface area contributed by atoms with E-state index in [1.807, 2.05) is 12.1 Å². The molecule has 0 bridgehead atoms. The minimum atomic E-state index is -2.93. The molecule has 2 heterocycles. The molecule has 6 nitrogen and oxygen atoms in total. The van der Waals surface area contributed by atoms with E-state index in [1.165, 1.54) is 0 Å². The molecule has 1 aliphatic rings. The van der Waals surface area contributed by atoms with Gasteiger partial charge in [-0.05, 0) is 37.6 Å². The molecule has 130 valence electrons. The van der Waals surface area contributed by atoms with Gasteiger partial charge in [-0.15, -0.1) is 0 Å². The van der Waals surface area contributed by atoms with Crippen LogP contribution in [0.3, 0.4) is 0 Å². The van der Waals surface area contributed by atoms with Crippen LogP contribution in [0.25, 0.3) is 0 Å². The smallest absolute Gasteiger partial charge is 0.220 e. The van der Waals surface area contributed by atoms with Crippen molar-refractivity contribution in [2.24, 2.45) is 5.92 Å². The first kappa shape index (κ1) is 18.0. The molecule has 0 radical (unpaired) electrons. The van der Waals surface area contributed by atoms with Gasteiger partial charge in [-0.1, -0.05) is 13.8 Å². The van der Waals surface area contributed by atoms with E-state index in [0.29, 0.717) is 13.0 Å². The van der Waals surface area contributed by atoms with Gasteiger partial charge in [0, 0.05) is 13.0 Å². The van der Waals surface area contributed by atoms with Crippen molar-refractivity contribution in [3.05, 3.63) is 24.2 Å². The Kier molecular flexibility index (Phi) is 6.24. The highest BCUT2D eigenvalue weighted by atomic mass is 32.2. The van der Waals surface area contributed by atoms with Crippen LogP contribution in [0.5, 0.6) is 0 Å². The Balaban J connectivity index is 1.89. The molecule has 2 atom stereocenters. The molecule has 23 heavy (non-hydrogen) atoms. The first-order valence-corrected chi connectivity index (χ1v) is 10.0. The van der Waals surface area contributed by atoms with Crippen LogP contribution in [0.1, 0.15) is 38.5 Å².